The van der Waals surface area contributed by atoms with Gasteiger partial charge in [0.1, 0.15) is 12.4 Å². The minimum Gasteiger partial charge on any atom is -0.491 e. The van der Waals surface area contributed by atoms with E-state index in [0.717, 1.165) is 5.75 Å². The van der Waals surface area contributed by atoms with E-state index in [-0.39, 0.29) is 0 Å². The Morgan fingerprint density at radius 2 is 2.13 bits per heavy atom. The number of ether oxygens (including phenoxy) is 2. The second-order valence-corrected chi connectivity index (χ2v) is 4.23. The number of aromatic nitrogens is 1. The van der Waals surface area contributed by atoms with Crippen molar-refractivity contribution in [2.75, 3.05) is 20.3 Å². The minimum absolute atomic E-state index is 0.587. The summed E-state index contributed by atoms with van der Waals surface area (Å²) in [4.78, 5) is 0. The van der Waals surface area contributed by atoms with E-state index in [1.807, 2.05) is 18.3 Å². The van der Waals surface area contributed by atoms with Crippen LogP contribution < -0.4 is 4.74 Å². The Bertz CT molecular complexity index is 453. The Kier molecular flexibility index (Phi) is 3.48. The lowest BCUT2D eigenvalue weighted by atomic mass is 10.2. The molecule has 0 aliphatic carbocycles. The zero-order valence-corrected chi connectivity index (χ0v) is 10.6. The van der Waals surface area contributed by atoms with Gasteiger partial charge in [0.15, 0.2) is 0 Å². The minimum atomic E-state index is 0.587. The fraction of sp³-hybridized carbons (Fsp3) is 0.273. The number of halogens is 1. The Morgan fingerprint density at radius 1 is 1.27 bits per heavy atom. The Hall–Kier alpha value is -0.750. The molecule has 2 rings (SSSR count). The number of hydrogen-bond acceptors (Lipinski definition) is 2. The van der Waals surface area contributed by atoms with Crippen LogP contribution in [-0.4, -0.2) is 23.1 Å². The number of hydrogen-bond donors (Lipinski definition) is 0. The van der Waals surface area contributed by atoms with E-state index < -0.39 is 0 Å². The third-order valence-corrected chi connectivity index (χ3v) is 3.01. The molecule has 4 heteroatoms. The first-order chi connectivity index (χ1) is 7.31. The van der Waals surface area contributed by atoms with Crippen molar-refractivity contribution in [3.05, 3.63) is 30.5 Å². The summed E-state index contributed by atoms with van der Waals surface area (Å²) in [7, 11) is 1.67. The van der Waals surface area contributed by atoms with Crippen molar-refractivity contribution in [2.45, 2.75) is 0 Å². The third kappa shape index (κ3) is 2.43. The summed E-state index contributed by atoms with van der Waals surface area (Å²) in [6.45, 7) is 1.20. The first kappa shape index (κ1) is 10.8. The van der Waals surface area contributed by atoms with Crippen LogP contribution in [0, 0.1) is 0 Å². The van der Waals surface area contributed by atoms with E-state index in [1.165, 1.54) is 10.9 Å². The van der Waals surface area contributed by atoms with E-state index in [2.05, 4.69) is 37.8 Å². The van der Waals surface area contributed by atoms with Crippen LogP contribution in [0.4, 0.5) is 0 Å². The van der Waals surface area contributed by atoms with Gasteiger partial charge in [0, 0.05) is 24.8 Å². The lowest BCUT2D eigenvalue weighted by molar-refractivity contribution is 0.146. The normalized spacial score (nSPS) is 10.8. The molecule has 0 fully saturated rings. The topological polar surface area (TPSA) is 23.4 Å². The van der Waals surface area contributed by atoms with Gasteiger partial charge in [0.25, 0.3) is 0 Å². The molecule has 0 aliphatic rings. The van der Waals surface area contributed by atoms with Crippen LogP contribution in [0.1, 0.15) is 0 Å². The largest absolute Gasteiger partial charge is 0.491 e. The molecule has 2 aromatic rings. The molecule has 0 unspecified atom stereocenters. The molecule has 0 bridgehead atoms. The van der Waals surface area contributed by atoms with Crippen LogP contribution in [0.15, 0.2) is 30.5 Å². The highest BCUT2D eigenvalue weighted by atomic mass is 127. The maximum Gasteiger partial charge on any atom is 0.121 e. The molecule has 1 aromatic carbocycles. The zero-order chi connectivity index (χ0) is 10.7. The maximum absolute atomic E-state index is 5.54. The van der Waals surface area contributed by atoms with Crippen LogP contribution in [0.3, 0.4) is 0 Å². The molecule has 0 saturated heterocycles. The predicted octanol–water partition coefficient (Wildman–Crippen LogP) is 2.86. The molecular formula is C11H12INO2. The van der Waals surface area contributed by atoms with Crippen molar-refractivity contribution < 1.29 is 9.47 Å². The Labute approximate surface area is 102 Å². The van der Waals surface area contributed by atoms with Crippen LogP contribution >= 0.6 is 22.9 Å². The molecule has 3 nitrogen and oxygen atoms in total. The number of nitrogens with zero attached hydrogens (tertiary/aromatic N) is 1. The third-order valence-electron chi connectivity index (χ3n) is 2.17. The van der Waals surface area contributed by atoms with Gasteiger partial charge in [-0.1, -0.05) is 0 Å². The highest BCUT2D eigenvalue weighted by molar-refractivity contribution is 14.1. The van der Waals surface area contributed by atoms with E-state index in [0.29, 0.717) is 13.2 Å². The smallest absolute Gasteiger partial charge is 0.121 e. The fourth-order valence-corrected chi connectivity index (χ4v) is 1.99. The summed E-state index contributed by atoms with van der Waals surface area (Å²) in [5.74, 6) is 0.885. The standard InChI is InChI=1S/C11H12INO2/c1-14-6-7-15-10-3-2-9-4-5-13(12)11(9)8-10/h2-5,8H,6-7H2,1H3. The molecule has 0 saturated carbocycles. The molecule has 1 aromatic heterocycles. The highest BCUT2D eigenvalue weighted by Crippen LogP contribution is 2.23. The first-order valence-corrected chi connectivity index (χ1v) is 5.67. The molecule has 0 radical (unpaired) electrons. The van der Waals surface area contributed by atoms with Gasteiger partial charge in [-0.15, -0.1) is 0 Å². The lowest BCUT2D eigenvalue weighted by Gasteiger charge is -2.05. The van der Waals surface area contributed by atoms with E-state index in [4.69, 9.17) is 9.47 Å². The van der Waals surface area contributed by atoms with Crippen LogP contribution in [-0.2, 0) is 4.74 Å². The first-order valence-electron chi connectivity index (χ1n) is 4.70. The van der Waals surface area contributed by atoms with Crippen molar-refractivity contribution in [2.24, 2.45) is 0 Å². The molecule has 80 valence electrons. The molecule has 15 heavy (non-hydrogen) atoms. The average Bonchev–Trinajstić information content (AvgIpc) is 2.61. The fourth-order valence-electron chi connectivity index (χ4n) is 1.41. The maximum atomic E-state index is 5.54. The summed E-state index contributed by atoms with van der Waals surface area (Å²) >= 11 is 2.25. The van der Waals surface area contributed by atoms with Gasteiger partial charge in [-0.3, -0.25) is 2.78 Å². The van der Waals surface area contributed by atoms with Crippen LogP contribution in [0.5, 0.6) is 5.75 Å². The van der Waals surface area contributed by atoms with Crippen molar-refractivity contribution >= 4 is 33.8 Å². The molecule has 0 atom stereocenters. The summed E-state index contributed by atoms with van der Waals surface area (Å²) in [5.41, 5.74) is 1.17. The summed E-state index contributed by atoms with van der Waals surface area (Å²) < 4.78 is 12.5. The van der Waals surface area contributed by atoms with Gasteiger partial charge in [0.05, 0.1) is 35.0 Å². The van der Waals surface area contributed by atoms with Crippen molar-refractivity contribution in [1.82, 2.24) is 2.78 Å². The number of rotatable bonds is 4. The number of methoxy groups -OCH3 is 1. The molecule has 0 N–H and O–H groups in total. The van der Waals surface area contributed by atoms with E-state index in [1.54, 1.807) is 7.11 Å². The summed E-state index contributed by atoms with van der Waals surface area (Å²) in [6.07, 6.45) is 2.03. The quantitative estimate of drug-likeness (QED) is 0.639. The lowest BCUT2D eigenvalue weighted by Crippen LogP contribution is -2.03. The number of fused-ring (bicyclic) bond motifs is 1. The van der Waals surface area contributed by atoms with Gasteiger partial charge in [-0.2, -0.15) is 0 Å². The Balaban J connectivity index is 2.18. The van der Waals surface area contributed by atoms with Gasteiger partial charge in [-0.25, -0.2) is 0 Å². The summed E-state index contributed by atoms with van der Waals surface area (Å²) in [5, 5.41) is 1.23. The molecule has 0 amide bonds. The van der Waals surface area contributed by atoms with Crippen molar-refractivity contribution in [1.29, 1.82) is 0 Å². The van der Waals surface area contributed by atoms with Crippen molar-refractivity contribution in [3.8, 4) is 5.75 Å². The SMILES string of the molecule is COCCOc1ccc2ccn(I)c2c1. The zero-order valence-electron chi connectivity index (χ0n) is 8.44. The summed E-state index contributed by atoms with van der Waals surface area (Å²) in [6, 6.07) is 8.17. The van der Waals surface area contributed by atoms with Gasteiger partial charge >= 0.3 is 0 Å². The Morgan fingerprint density at radius 3 is 2.93 bits per heavy atom. The van der Waals surface area contributed by atoms with Crippen LogP contribution in [0.2, 0.25) is 0 Å². The second-order valence-electron chi connectivity index (χ2n) is 3.19. The second kappa shape index (κ2) is 4.85. The van der Waals surface area contributed by atoms with Crippen LogP contribution in [0.25, 0.3) is 10.9 Å². The molecule has 0 spiro atoms. The van der Waals surface area contributed by atoms with Gasteiger partial charge in [0.2, 0.25) is 0 Å². The van der Waals surface area contributed by atoms with E-state index in [9.17, 15) is 0 Å². The molecule has 1 heterocycles. The number of benzene rings is 1. The van der Waals surface area contributed by atoms with E-state index >= 15 is 0 Å². The predicted molar refractivity (Wildman–Crippen MR) is 68.7 cm³/mol. The van der Waals surface area contributed by atoms with Crippen molar-refractivity contribution in [3.63, 3.8) is 0 Å². The molecule has 0 aliphatic heterocycles. The average molecular weight is 317 g/mol. The highest BCUT2D eigenvalue weighted by Gasteiger charge is 2.00. The monoisotopic (exact) mass is 317 g/mol. The molecular weight excluding hydrogens is 305 g/mol. The van der Waals surface area contributed by atoms with Gasteiger partial charge < -0.3 is 9.47 Å². The van der Waals surface area contributed by atoms with Gasteiger partial charge in [-0.05, 0) is 18.2 Å².